The van der Waals surface area contributed by atoms with Gasteiger partial charge in [-0.1, -0.05) is 72.4 Å². The number of benzene rings is 2. The molecule has 1 aromatic heterocycles. The molecule has 1 aliphatic rings. The summed E-state index contributed by atoms with van der Waals surface area (Å²) in [6.07, 6.45) is 2.10. The van der Waals surface area contributed by atoms with Crippen molar-refractivity contribution >= 4 is 23.7 Å². The molecule has 0 spiro atoms. The lowest BCUT2D eigenvalue weighted by atomic mass is 10.0. The number of nitrogens with one attached hydrogen (secondary N) is 1. The number of nitrogens with two attached hydrogens (primary N) is 1. The molecule has 7 nitrogen and oxygen atoms in total. The predicted molar refractivity (Wildman–Crippen MR) is 125 cm³/mol. The van der Waals surface area contributed by atoms with Crippen LogP contribution in [0.4, 0.5) is 4.79 Å². The van der Waals surface area contributed by atoms with Crippen LogP contribution in [0.1, 0.15) is 19.8 Å². The van der Waals surface area contributed by atoms with E-state index in [1.807, 2.05) is 48.5 Å². The maximum Gasteiger partial charge on any atom is 0.318 e. The maximum absolute atomic E-state index is 12.4. The summed E-state index contributed by atoms with van der Waals surface area (Å²) in [6.45, 7) is 3.13. The van der Waals surface area contributed by atoms with Gasteiger partial charge in [0.1, 0.15) is 0 Å². The van der Waals surface area contributed by atoms with E-state index < -0.39 is 17.2 Å². The van der Waals surface area contributed by atoms with Gasteiger partial charge in [0.15, 0.2) is 5.16 Å². The van der Waals surface area contributed by atoms with Crippen LogP contribution < -0.4 is 11.1 Å². The lowest BCUT2D eigenvalue weighted by molar-refractivity contribution is -0.119. The Morgan fingerprint density at radius 1 is 1.16 bits per heavy atom. The van der Waals surface area contributed by atoms with Gasteiger partial charge in [0.05, 0.1) is 29.3 Å². The van der Waals surface area contributed by atoms with Crippen LogP contribution in [0.25, 0.3) is 22.5 Å². The minimum absolute atomic E-state index is 0.0874. The van der Waals surface area contributed by atoms with Crippen molar-refractivity contribution in [3.8, 4) is 22.5 Å². The van der Waals surface area contributed by atoms with Gasteiger partial charge in [-0.25, -0.2) is 9.78 Å². The Morgan fingerprint density at radius 2 is 1.81 bits per heavy atom. The van der Waals surface area contributed by atoms with E-state index in [4.69, 9.17) is 15.5 Å². The van der Waals surface area contributed by atoms with E-state index in [2.05, 4.69) is 22.0 Å². The number of rotatable bonds is 7. The number of carbonyl (C=O) groups excluding carboxylic acids is 2. The Kier molecular flexibility index (Phi) is 6.92. The van der Waals surface area contributed by atoms with Gasteiger partial charge in [0.25, 0.3) is 0 Å². The summed E-state index contributed by atoms with van der Waals surface area (Å²) in [4.78, 5) is 28.5. The summed E-state index contributed by atoms with van der Waals surface area (Å²) in [6, 6.07) is 19.3. The van der Waals surface area contributed by atoms with Gasteiger partial charge in [-0.05, 0) is 19.8 Å². The summed E-state index contributed by atoms with van der Waals surface area (Å²) in [5, 5.41) is 2.30. The zero-order chi connectivity index (χ0) is 22.5. The molecule has 0 saturated carbocycles. The van der Waals surface area contributed by atoms with Gasteiger partial charge < -0.3 is 15.0 Å². The van der Waals surface area contributed by atoms with E-state index in [1.54, 1.807) is 6.92 Å². The number of carbonyl (C=O) groups is 2. The Balaban J connectivity index is 1.81. The fourth-order valence-corrected chi connectivity index (χ4v) is 4.72. The van der Waals surface area contributed by atoms with Crippen LogP contribution in [0, 0.1) is 0 Å². The number of aromatic nitrogens is 2. The number of hydrogen-bond donors (Lipinski definition) is 2. The monoisotopic (exact) mass is 450 g/mol. The van der Waals surface area contributed by atoms with Crippen LogP contribution in [-0.2, 0) is 16.1 Å². The second-order valence-corrected chi connectivity index (χ2v) is 8.99. The van der Waals surface area contributed by atoms with Crippen molar-refractivity contribution in [2.24, 2.45) is 5.73 Å². The lowest BCUT2D eigenvalue weighted by Crippen LogP contribution is -2.39. The number of ether oxygens (including phenoxy) is 1. The summed E-state index contributed by atoms with van der Waals surface area (Å²) < 4.78 is 8.07. The van der Waals surface area contributed by atoms with Gasteiger partial charge in [0, 0.05) is 17.7 Å². The maximum atomic E-state index is 12.4. The van der Waals surface area contributed by atoms with E-state index in [0.29, 0.717) is 11.7 Å². The van der Waals surface area contributed by atoms with Crippen molar-refractivity contribution < 1.29 is 14.3 Å². The Bertz CT molecular complexity index is 1080. The molecule has 0 bridgehead atoms. The van der Waals surface area contributed by atoms with Gasteiger partial charge >= 0.3 is 6.03 Å². The molecule has 32 heavy (non-hydrogen) atoms. The first kappa shape index (κ1) is 22.1. The van der Waals surface area contributed by atoms with Crippen molar-refractivity contribution in [3.63, 3.8) is 0 Å². The molecule has 0 aliphatic carbocycles. The van der Waals surface area contributed by atoms with Gasteiger partial charge in [-0.2, -0.15) is 0 Å². The van der Waals surface area contributed by atoms with E-state index in [-0.39, 0.29) is 6.10 Å². The molecule has 3 amide bonds. The molecule has 166 valence electrons. The molecule has 3 N–H and O–H groups in total. The molecule has 1 saturated heterocycles. The molecule has 4 rings (SSSR count). The molecule has 0 unspecified atom stereocenters. The number of hydrogen-bond acceptors (Lipinski definition) is 5. The lowest BCUT2D eigenvalue weighted by Gasteiger charge is -2.18. The third-order valence-electron chi connectivity index (χ3n) is 5.34. The van der Waals surface area contributed by atoms with E-state index in [9.17, 15) is 9.59 Å². The average molecular weight is 451 g/mol. The predicted octanol–water partition coefficient (Wildman–Crippen LogP) is 4.07. The average Bonchev–Trinajstić information content (AvgIpc) is 3.43. The highest BCUT2D eigenvalue weighted by Crippen LogP contribution is 2.37. The summed E-state index contributed by atoms with van der Waals surface area (Å²) in [5.41, 5.74) is 8.99. The number of urea groups is 1. The van der Waals surface area contributed by atoms with Crippen LogP contribution in [0.15, 0.2) is 65.8 Å². The van der Waals surface area contributed by atoms with Crippen molar-refractivity contribution in [1.29, 1.82) is 0 Å². The zero-order valence-corrected chi connectivity index (χ0v) is 18.7. The zero-order valence-electron chi connectivity index (χ0n) is 17.9. The second kappa shape index (κ2) is 10.0. The highest BCUT2D eigenvalue weighted by Gasteiger charge is 2.27. The summed E-state index contributed by atoms with van der Waals surface area (Å²) >= 11 is 1.30. The van der Waals surface area contributed by atoms with E-state index in [0.717, 1.165) is 42.0 Å². The highest BCUT2D eigenvalue weighted by molar-refractivity contribution is 8.00. The van der Waals surface area contributed by atoms with Crippen molar-refractivity contribution in [3.05, 3.63) is 60.7 Å². The quantitative estimate of drug-likeness (QED) is 0.529. The Morgan fingerprint density at radius 3 is 2.41 bits per heavy atom. The molecule has 0 radical (unpaired) electrons. The molecular weight excluding hydrogens is 424 g/mol. The first-order valence-corrected chi connectivity index (χ1v) is 11.5. The largest absolute Gasteiger partial charge is 0.376 e. The molecule has 2 heterocycles. The number of primary amides is 1. The molecule has 3 aromatic rings. The highest BCUT2D eigenvalue weighted by atomic mass is 32.2. The van der Waals surface area contributed by atoms with Gasteiger partial charge in [0.2, 0.25) is 5.91 Å². The van der Waals surface area contributed by atoms with Gasteiger partial charge in [-0.3, -0.25) is 10.1 Å². The minimum atomic E-state index is -0.861. The van der Waals surface area contributed by atoms with Gasteiger partial charge in [-0.15, -0.1) is 0 Å². The number of amides is 3. The minimum Gasteiger partial charge on any atom is -0.376 e. The van der Waals surface area contributed by atoms with E-state index >= 15 is 0 Å². The number of thioether (sulfide) groups is 1. The summed E-state index contributed by atoms with van der Waals surface area (Å²) in [7, 11) is 0. The molecule has 8 heteroatoms. The normalized spacial score (nSPS) is 16.6. The molecule has 2 atom stereocenters. The Labute approximate surface area is 191 Å². The smallest absolute Gasteiger partial charge is 0.318 e. The van der Waals surface area contributed by atoms with Crippen molar-refractivity contribution in [2.45, 2.75) is 42.8 Å². The standard InChI is InChI=1S/C24H26N4O3S/c1-16(22(29)27-23(25)30)32-24-26-20(17-9-4-2-5-10-17)21(18-11-6-3-7-12-18)28(24)15-19-13-8-14-31-19/h2-7,9-12,16,19H,8,13-15H2,1H3,(H3,25,27,29,30)/t16-,19+/m0/s1. The molecular formula is C24H26N4O3S. The molecule has 2 aromatic carbocycles. The number of imide groups is 1. The van der Waals surface area contributed by atoms with E-state index in [1.165, 1.54) is 11.8 Å². The first-order chi connectivity index (χ1) is 15.5. The van der Waals surface area contributed by atoms with Crippen molar-refractivity contribution in [2.75, 3.05) is 6.61 Å². The van der Waals surface area contributed by atoms with Crippen LogP contribution in [0.2, 0.25) is 0 Å². The third-order valence-corrected chi connectivity index (χ3v) is 6.43. The second-order valence-electron chi connectivity index (χ2n) is 7.68. The molecule has 1 fully saturated rings. The SMILES string of the molecule is C[C@H](Sc1nc(-c2ccccc2)c(-c2ccccc2)n1C[C@H]1CCCO1)C(=O)NC(N)=O. The first-order valence-electron chi connectivity index (χ1n) is 10.6. The summed E-state index contributed by atoms with van der Waals surface area (Å²) in [5.74, 6) is -0.448. The fraction of sp³-hybridized carbons (Fsp3) is 0.292. The number of nitrogens with zero attached hydrogens (tertiary/aromatic N) is 2. The van der Waals surface area contributed by atoms with Crippen LogP contribution in [0.5, 0.6) is 0 Å². The van der Waals surface area contributed by atoms with Crippen molar-refractivity contribution in [1.82, 2.24) is 14.9 Å². The Hall–Kier alpha value is -3.10. The third kappa shape index (κ3) is 5.03. The van der Waals surface area contributed by atoms with Crippen LogP contribution in [-0.4, -0.2) is 39.5 Å². The molecule has 1 aliphatic heterocycles. The topological polar surface area (TPSA) is 99.2 Å². The fourth-order valence-electron chi connectivity index (χ4n) is 3.80. The van der Waals surface area contributed by atoms with Crippen LogP contribution in [0.3, 0.4) is 0 Å². The van der Waals surface area contributed by atoms with Crippen LogP contribution >= 0.6 is 11.8 Å². The number of imidazole rings is 1.